The number of aliphatic imine (C=N–C) groups is 1. The van der Waals surface area contributed by atoms with Gasteiger partial charge in [-0.15, -0.1) is 0 Å². The van der Waals surface area contributed by atoms with Gasteiger partial charge in [0.25, 0.3) is 0 Å². The van der Waals surface area contributed by atoms with Crippen molar-refractivity contribution in [1.29, 1.82) is 0 Å². The second-order valence-corrected chi connectivity index (χ2v) is 7.89. The predicted octanol–water partition coefficient (Wildman–Crippen LogP) is 2.58. The summed E-state index contributed by atoms with van der Waals surface area (Å²) in [6.45, 7) is 7.94. The fourth-order valence-electron chi connectivity index (χ4n) is 2.53. The minimum Gasteiger partial charge on any atom is -0.356 e. The van der Waals surface area contributed by atoms with Gasteiger partial charge in [0, 0.05) is 37.2 Å². The first-order valence-electron chi connectivity index (χ1n) is 7.20. The van der Waals surface area contributed by atoms with Crippen molar-refractivity contribution in [2.75, 3.05) is 32.4 Å². The van der Waals surface area contributed by atoms with E-state index in [2.05, 4.69) is 40.8 Å². The summed E-state index contributed by atoms with van der Waals surface area (Å²) >= 11 is 2.07. The number of guanidine groups is 1. The van der Waals surface area contributed by atoms with Crippen molar-refractivity contribution in [3.63, 3.8) is 0 Å². The zero-order valence-electron chi connectivity index (χ0n) is 12.0. The van der Waals surface area contributed by atoms with Crippen LogP contribution in [0.5, 0.6) is 0 Å². The maximum atomic E-state index is 4.43. The number of rotatable bonds is 4. The summed E-state index contributed by atoms with van der Waals surface area (Å²) in [5.41, 5.74) is 0. The fraction of sp³-hybridized carbons (Fsp3) is 0.929. The molecule has 0 amide bonds. The molecule has 1 saturated heterocycles. The highest BCUT2D eigenvalue weighted by molar-refractivity contribution is 8.00. The van der Waals surface area contributed by atoms with E-state index in [1.54, 1.807) is 0 Å². The van der Waals surface area contributed by atoms with Crippen LogP contribution >= 0.6 is 11.8 Å². The second-order valence-electron chi connectivity index (χ2n) is 6.09. The minimum absolute atomic E-state index is 0.351. The van der Waals surface area contributed by atoms with Gasteiger partial charge >= 0.3 is 0 Å². The SMILES string of the molecule is CN=C(NCCCC1CC1)N1CCSC(C)(C)C1. The number of nitrogens with one attached hydrogen (secondary N) is 1. The van der Waals surface area contributed by atoms with E-state index in [4.69, 9.17) is 0 Å². The Morgan fingerprint density at radius 1 is 1.44 bits per heavy atom. The van der Waals surface area contributed by atoms with Gasteiger partial charge in [-0.3, -0.25) is 4.99 Å². The molecular formula is C14H27N3S. The molecule has 1 aliphatic carbocycles. The number of hydrogen-bond acceptors (Lipinski definition) is 2. The predicted molar refractivity (Wildman–Crippen MR) is 81.4 cm³/mol. The number of nitrogens with zero attached hydrogens (tertiary/aromatic N) is 2. The molecule has 0 aromatic rings. The average molecular weight is 269 g/mol. The Labute approximate surface area is 116 Å². The van der Waals surface area contributed by atoms with Gasteiger partial charge in [-0.1, -0.05) is 12.8 Å². The Morgan fingerprint density at radius 3 is 2.83 bits per heavy atom. The van der Waals surface area contributed by atoms with Crippen LogP contribution in [0.1, 0.15) is 39.5 Å². The van der Waals surface area contributed by atoms with Gasteiger partial charge in [0.05, 0.1) is 0 Å². The normalized spacial score (nSPS) is 24.2. The van der Waals surface area contributed by atoms with Crippen LogP contribution in [0, 0.1) is 5.92 Å². The Bertz CT molecular complexity index is 297. The fourth-order valence-corrected chi connectivity index (χ4v) is 3.64. The van der Waals surface area contributed by atoms with E-state index in [1.165, 1.54) is 31.4 Å². The molecule has 0 spiro atoms. The van der Waals surface area contributed by atoms with Crippen LogP contribution in [0.25, 0.3) is 0 Å². The highest BCUT2D eigenvalue weighted by Crippen LogP contribution is 2.33. The summed E-state index contributed by atoms with van der Waals surface area (Å²) in [6.07, 6.45) is 5.61. The molecular weight excluding hydrogens is 242 g/mol. The summed E-state index contributed by atoms with van der Waals surface area (Å²) in [4.78, 5) is 6.84. The van der Waals surface area contributed by atoms with Crippen LogP contribution in [0.15, 0.2) is 4.99 Å². The van der Waals surface area contributed by atoms with E-state index in [1.807, 2.05) is 7.05 Å². The first-order chi connectivity index (χ1) is 8.61. The lowest BCUT2D eigenvalue weighted by molar-refractivity contribution is 0.375. The van der Waals surface area contributed by atoms with Gasteiger partial charge in [-0.2, -0.15) is 11.8 Å². The first-order valence-corrected chi connectivity index (χ1v) is 8.19. The Morgan fingerprint density at radius 2 is 2.22 bits per heavy atom. The largest absolute Gasteiger partial charge is 0.356 e. The van der Waals surface area contributed by atoms with Crippen molar-refractivity contribution >= 4 is 17.7 Å². The lowest BCUT2D eigenvalue weighted by Gasteiger charge is -2.39. The van der Waals surface area contributed by atoms with Crippen molar-refractivity contribution < 1.29 is 0 Å². The third-order valence-electron chi connectivity index (χ3n) is 3.71. The third kappa shape index (κ3) is 4.38. The van der Waals surface area contributed by atoms with Gasteiger partial charge in [0.2, 0.25) is 0 Å². The molecule has 0 aromatic heterocycles. The topological polar surface area (TPSA) is 27.6 Å². The van der Waals surface area contributed by atoms with Gasteiger partial charge in [-0.05, 0) is 32.6 Å². The van der Waals surface area contributed by atoms with Crippen molar-refractivity contribution in [3.05, 3.63) is 0 Å². The van der Waals surface area contributed by atoms with E-state index in [-0.39, 0.29) is 0 Å². The molecule has 1 aliphatic heterocycles. The van der Waals surface area contributed by atoms with E-state index in [0.29, 0.717) is 4.75 Å². The number of hydrogen-bond donors (Lipinski definition) is 1. The molecule has 0 unspecified atom stereocenters. The molecule has 4 heteroatoms. The van der Waals surface area contributed by atoms with Crippen molar-refractivity contribution in [2.24, 2.45) is 10.9 Å². The summed E-state index contributed by atoms with van der Waals surface area (Å²) in [7, 11) is 1.90. The Balaban J connectivity index is 1.73. The molecule has 3 nitrogen and oxygen atoms in total. The van der Waals surface area contributed by atoms with Gasteiger partial charge < -0.3 is 10.2 Å². The average Bonchev–Trinajstić information content (AvgIpc) is 3.12. The van der Waals surface area contributed by atoms with Crippen LogP contribution in [0.3, 0.4) is 0 Å². The maximum absolute atomic E-state index is 4.43. The second kappa shape index (κ2) is 6.18. The molecule has 2 fully saturated rings. The molecule has 1 saturated carbocycles. The maximum Gasteiger partial charge on any atom is 0.193 e. The highest BCUT2D eigenvalue weighted by Gasteiger charge is 2.28. The lowest BCUT2D eigenvalue weighted by Crippen LogP contribution is -2.51. The van der Waals surface area contributed by atoms with Crippen LogP contribution in [0.2, 0.25) is 0 Å². The molecule has 0 radical (unpaired) electrons. The molecule has 1 heterocycles. The molecule has 0 aromatic carbocycles. The van der Waals surface area contributed by atoms with Crippen LogP contribution < -0.4 is 5.32 Å². The Kier molecular flexibility index (Phi) is 4.82. The molecule has 1 N–H and O–H groups in total. The standard InChI is InChI=1S/C14H27N3S/c1-14(2)11-17(9-10-18-14)13(15-3)16-8-4-5-12-6-7-12/h12H,4-11H2,1-3H3,(H,15,16). The summed E-state index contributed by atoms with van der Waals surface area (Å²) < 4.78 is 0.351. The Hall–Kier alpha value is -0.380. The van der Waals surface area contributed by atoms with Crippen LogP contribution in [-0.4, -0.2) is 48.0 Å². The minimum atomic E-state index is 0.351. The molecule has 18 heavy (non-hydrogen) atoms. The van der Waals surface area contributed by atoms with Crippen LogP contribution in [-0.2, 0) is 0 Å². The zero-order chi connectivity index (χ0) is 13.0. The molecule has 0 bridgehead atoms. The monoisotopic (exact) mass is 269 g/mol. The van der Waals surface area contributed by atoms with E-state index < -0.39 is 0 Å². The van der Waals surface area contributed by atoms with Crippen molar-refractivity contribution in [1.82, 2.24) is 10.2 Å². The summed E-state index contributed by atoms with van der Waals surface area (Å²) in [6, 6.07) is 0. The van der Waals surface area contributed by atoms with Crippen molar-refractivity contribution in [3.8, 4) is 0 Å². The highest BCUT2D eigenvalue weighted by atomic mass is 32.2. The van der Waals surface area contributed by atoms with Gasteiger partial charge in [0.1, 0.15) is 0 Å². The summed E-state index contributed by atoms with van der Waals surface area (Å²) in [5.74, 6) is 3.34. The summed E-state index contributed by atoms with van der Waals surface area (Å²) in [5, 5.41) is 3.53. The van der Waals surface area contributed by atoms with Crippen LogP contribution in [0.4, 0.5) is 0 Å². The van der Waals surface area contributed by atoms with Gasteiger partial charge in [0.15, 0.2) is 5.96 Å². The third-order valence-corrected chi connectivity index (χ3v) is 5.00. The first kappa shape index (κ1) is 14.0. The zero-order valence-corrected chi connectivity index (χ0v) is 12.9. The van der Waals surface area contributed by atoms with Gasteiger partial charge in [-0.25, -0.2) is 0 Å². The molecule has 104 valence electrons. The van der Waals surface area contributed by atoms with E-state index in [0.717, 1.165) is 31.5 Å². The van der Waals surface area contributed by atoms with Crippen molar-refractivity contribution in [2.45, 2.75) is 44.3 Å². The molecule has 0 atom stereocenters. The lowest BCUT2D eigenvalue weighted by atomic mass is 10.2. The van der Waals surface area contributed by atoms with E-state index in [9.17, 15) is 0 Å². The number of thioether (sulfide) groups is 1. The van der Waals surface area contributed by atoms with E-state index >= 15 is 0 Å². The smallest absolute Gasteiger partial charge is 0.193 e. The molecule has 2 aliphatic rings. The quantitative estimate of drug-likeness (QED) is 0.483. The molecule has 2 rings (SSSR count).